The number of fused-ring (bicyclic) bond motifs is 7. The Morgan fingerprint density at radius 2 is 1.51 bits per heavy atom. The second-order valence-corrected chi connectivity index (χ2v) is 15.5. The second kappa shape index (κ2) is 8.80. The molecular formula is C36H50O3. The number of Topliss-reactive ketones (excluding diaryl/α,β-unsaturated/α-hetero) is 1. The van der Waals surface area contributed by atoms with E-state index in [0.717, 1.165) is 25.2 Å². The highest BCUT2D eigenvalue weighted by Crippen LogP contribution is 2.77. The van der Waals surface area contributed by atoms with E-state index in [9.17, 15) is 9.59 Å². The molecule has 4 saturated carbocycles. The van der Waals surface area contributed by atoms with Gasteiger partial charge < -0.3 is 4.74 Å². The van der Waals surface area contributed by atoms with E-state index >= 15 is 0 Å². The Balaban J connectivity index is 1.34. The lowest BCUT2D eigenvalue weighted by atomic mass is 9.32. The standard InChI is InChI=1S/C36H50O3/c1-23(37)36-18-8-9-28(36)27-14-15-30-33(4)19-16-26(24-10-12-25(13-11-24)31(38)39-7)32(2,3)29(33)17-20-35(30,6)34(27,5)21-22-36/h10-13,16,27-30H,8-9,14-15,17-22H2,1-7H3/t27?,28?,29?,30?,33?,34-,35?,36?/m1/s1. The van der Waals surface area contributed by atoms with Crippen molar-refractivity contribution in [1.82, 2.24) is 0 Å². The molecule has 1 aromatic rings. The molecule has 3 heteroatoms. The largest absolute Gasteiger partial charge is 0.465 e. The highest BCUT2D eigenvalue weighted by atomic mass is 16.5. The van der Waals surface area contributed by atoms with Crippen LogP contribution >= 0.6 is 0 Å². The fraction of sp³-hybridized carbons (Fsp3) is 0.722. The van der Waals surface area contributed by atoms with Crippen LogP contribution in [0, 0.1) is 50.7 Å². The molecule has 1 aromatic carbocycles. The lowest BCUT2D eigenvalue weighted by Gasteiger charge is -2.72. The van der Waals surface area contributed by atoms with Crippen molar-refractivity contribution in [1.29, 1.82) is 0 Å². The number of carbonyl (C=O) groups excluding carboxylic acids is 2. The Morgan fingerprint density at radius 3 is 2.18 bits per heavy atom. The van der Waals surface area contributed by atoms with E-state index in [-0.39, 0.29) is 22.2 Å². The average Bonchev–Trinajstić information content (AvgIpc) is 3.34. The molecule has 3 nitrogen and oxygen atoms in total. The van der Waals surface area contributed by atoms with E-state index in [0.29, 0.717) is 39.9 Å². The summed E-state index contributed by atoms with van der Waals surface area (Å²) in [5.74, 6) is 2.88. The van der Waals surface area contributed by atoms with Gasteiger partial charge in [-0.15, -0.1) is 0 Å². The fourth-order valence-corrected chi connectivity index (χ4v) is 12.2. The first kappa shape index (κ1) is 27.3. The summed E-state index contributed by atoms with van der Waals surface area (Å²) in [7, 11) is 1.44. The number of carbonyl (C=O) groups is 2. The van der Waals surface area contributed by atoms with Crippen molar-refractivity contribution in [2.75, 3.05) is 7.11 Å². The first-order chi connectivity index (χ1) is 18.3. The number of allylic oxidation sites excluding steroid dienone is 2. The van der Waals surface area contributed by atoms with Crippen LogP contribution in [0.5, 0.6) is 0 Å². The molecule has 4 fully saturated rings. The zero-order chi connectivity index (χ0) is 28.0. The summed E-state index contributed by atoms with van der Waals surface area (Å²) in [5, 5.41) is 0. The van der Waals surface area contributed by atoms with Gasteiger partial charge in [0.15, 0.2) is 0 Å². The first-order valence-electron chi connectivity index (χ1n) is 15.8. The summed E-state index contributed by atoms with van der Waals surface area (Å²) < 4.78 is 4.92. The summed E-state index contributed by atoms with van der Waals surface area (Å²) in [6.45, 7) is 14.8. The maximum absolute atomic E-state index is 13.0. The Morgan fingerprint density at radius 1 is 0.795 bits per heavy atom. The fourth-order valence-electron chi connectivity index (χ4n) is 12.2. The number of ether oxygens (including phenoxy) is 1. The zero-order valence-electron chi connectivity index (χ0n) is 25.5. The van der Waals surface area contributed by atoms with Gasteiger partial charge in [0, 0.05) is 5.41 Å². The molecule has 0 N–H and O–H groups in total. The molecule has 8 atom stereocenters. The van der Waals surface area contributed by atoms with Crippen molar-refractivity contribution < 1.29 is 14.3 Å². The van der Waals surface area contributed by atoms with Crippen molar-refractivity contribution >= 4 is 17.3 Å². The van der Waals surface area contributed by atoms with Crippen LogP contribution in [-0.4, -0.2) is 18.9 Å². The Bertz CT molecular complexity index is 1210. The van der Waals surface area contributed by atoms with Gasteiger partial charge in [-0.3, -0.25) is 4.79 Å². The lowest BCUT2D eigenvalue weighted by molar-refractivity contribution is -0.221. The molecule has 0 saturated heterocycles. The number of rotatable bonds is 3. The number of esters is 1. The average molecular weight is 531 g/mol. The number of hydrogen-bond donors (Lipinski definition) is 0. The van der Waals surface area contributed by atoms with Crippen molar-refractivity contribution in [3.8, 4) is 0 Å². The summed E-state index contributed by atoms with van der Waals surface area (Å²) in [6.07, 6.45) is 14.9. The minimum atomic E-state index is -0.275. The molecular weight excluding hydrogens is 480 g/mol. The molecule has 0 radical (unpaired) electrons. The van der Waals surface area contributed by atoms with Gasteiger partial charge >= 0.3 is 5.97 Å². The summed E-state index contributed by atoms with van der Waals surface area (Å²) in [5.41, 5.74) is 4.30. The molecule has 6 rings (SSSR count). The van der Waals surface area contributed by atoms with Gasteiger partial charge in [0.1, 0.15) is 5.78 Å². The minimum Gasteiger partial charge on any atom is -0.465 e. The number of ketones is 1. The van der Waals surface area contributed by atoms with Crippen molar-refractivity contribution in [3.05, 3.63) is 41.5 Å². The maximum atomic E-state index is 13.0. The first-order valence-corrected chi connectivity index (χ1v) is 15.8. The lowest BCUT2D eigenvalue weighted by Crippen LogP contribution is -2.65. The van der Waals surface area contributed by atoms with E-state index in [4.69, 9.17) is 4.74 Å². The highest BCUT2D eigenvalue weighted by Gasteiger charge is 2.69. The van der Waals surface area contributed by atoms with E-state index in [2.05, 4.69) is 52.8 Å². The normalized spacial score (nSPS) is 44.2. The van der Waals surface area contributed by atoms with Crippen LogP contribution in [0.2, 0.25) is 0 Å². The third kappa shape index (κ3) is 3.46. The Hall–Kier alpha value is -1.90. The Kier molecular flexibility index (Phi) is 6.15. The SMILES string of the molecule is COC(=O)c1ccc(C2=CCC3(C)C(CCC4(C)C3CCC3C5CCCC5(C(C)=O)CC[C@]34C)C2(C)C)cc1. The molecule has 0 heterocycles. The van der Waals surface area contributed by atoms with E-state index < -0.39 is 0 Å². The molecule has 5 aliphatic carbocycles. The predicted octanol–water partition coefficient (Wildman–Crippen LogP) is 8.91. The van der Waals surface area contributed by atoms with Crippen LogP contribution in [0.25, 0.3) is 5.57 Å². The van der Waals surface area contributed by atoms with Crippen molar-refractivity contribution in [3.63, 3.8) is 0 Å². The van der Waals surface area contributed by atoms with Crippen molar-refractivity contribution in [2.24, 2.45) is 50.7 Å². The number of benzene rings is 1. The molecule has 5 aliphatic rings. The van der Waals surface area contributed by atoms with Gasteiger partial charge in [0.25, 0.3) is 0 Å². The quantitative estimate of drug-likeness (QED) is 0.366. The summed E-state index contributed by atoms with van der Waals surface area (Å²) >= 11 is 0. The predicted molar refractivity (Wildman–Crippen MR) is 157 cm³/mol. The van der Waals surface area contributed by atoms with Crippen LogP contribution in [0.3, 0.4) is 0 Å². The second-order valence-electron chi connectivity index (χ2n) is 15.5. The van der Waals surface area contributed by atoms with Crippen LogP contribution < -0.4 is 0 Å². The van der Waals surface area contributed by atoms with Crippen LogP contribution in [-0.2, 0) is 9.53 Å². The molecule has 212 valence electrons. The third-order valence-electron chi connectivity index (χ3n) is 14.3. The van der Waals surface area contributed by atoms with Gasteiger partial charge in [0.05, 0.1) is 12.7 Å². The molecule has 39 heavy (non-hydrogen) atoms. The number of hydrogen-bond acceptors (Lipinski definition) is 3. The molecule has 0 amide bonds. The topological polar surface area (TPSA) is 43.4 Å². The van der Waals surface area contributed by atoms with Crippen LogP contribution in [0.15, 0.2) is 30.3 Å². The zero-order valence-corrected chi connectivity index (χ0v) is 25.5. The minimum absolute atomic E-state index is 0.0115. The summed E-state index contributed by atoms with van der Waals surface area (Å²) in [4.78, 5) is 25.0. The molecule has 7 unspecified atom stereocenters. The van der Waals surface area contributed by atoms with Gasteiger partial charge in [0.2, 0.25) is 0 Å². The monoisotopic (exact) mass is 530 g/mol. The van der Waals surface area contributed by atoms with Gasteiger partial charge in [-0.1, -0.05) is 59.2 Å². The van der Waals surface area contributed by atoms with E-state index in [1.54, 1.807) is 0 Å². The van der Waals surface area contributed by atoms with E-state index in [1.807, 2.05) is 19.1 Å². The third-order valence-corrected chi connectivity index (χ3v) is 14.3. The molecule has 0 bridgehead atoms. The molecule has 0 aliphatic heterocycles. The van der Waals surface area contributed by atoms with Crippen LogP contribution in [0.4, 0.5) is 0 Å². The number of methoxy groups -OCH3 is 1. The smallest absolute Gasteiger partial charge is 0.337 e. The van der Waals surface area contributed by atoms with Gasteiger partial charge in [-0.25, -0.2) is 4.79 Å². The Labute approximate surface area is 236 Å². The van der Waals surface area contributed by atoms with Gasteiger partial charge in [-0.2, -0.15) is 0 Å². The van der Waals surface area contributed by atoms with E-state index in [1.165, 1.54) is 63.2 Å². The molecule has 0 aromatic heterocycles. The van der Waals surface area contributed by atoms with Crippen LogP contribution in [0.1, 0.15) is 122 Å². The van der Waals surface area contributed by atoms with Crippen molar-refractivity contribution in [2.45, 2.75) is 106 Å². The molecule has 0 spiro atoms. The maximum Gasteiger partial charge on any atom is 0.337 e. The van der Waals surface area contributed by atoms with Gasteiger partial charge in [-0.05, 0) is 133 Å². The highest BCUT2D eigenvalue weighted by molar-refractivity contribution is 5.90. The summed E-state index contributed by atoms with van der Waals surface area (Å²) in [6, 6.07) is 8.07.